The van der Waals surface area contributed by atoms with E-state index in [4.69, 9.17) is 4.52 Å². The predicted molar refractivity (Wildman–Crippen MR) is 66.5 cm³/mol. The highest BCUT2D eigenvalue weighted by Crippen LogP contribution is 2.16. The zero-order valence-corrected chi connectivity index (χ0v) is 11.1. The van der Waals surface area contributed by atoms with Gasteiger partial charge in [0.1, 0.15) is 5.82 Å². The summed E-state index contributed by atoms with van der Waals surface area (Å²) in [6, 6.07) is 5.92. The zero-order valence-electron chi connectivity index (χ0n) is 9.54. The van der Waals surface area contributed by atoms with E-state index in [-0.39, 0.29) is 18.0 Å². The summed E-state index contributed by atoms with van der Waals surface area (Å²) in [5.41, 5.74) is 1.00. The Morgan fingerprint density at radius 2 is 2.28 bits per heavy atom. The van der Waals surface area contributed by atoms with Gasteiger partial charge >= 0.3 is 0 Å². The molecule has 2 rings (SSSR count). The fourth-order valence-corrected chi connectivity index (χ4v) is 1.65. The minimum Gasteiger partial charge on any atom is -0.359 e. The first-order chi connectivity index (χ1) is 8.56. The molecule has 0 saturated heterocycles. The lowest BCUT2D eigenvalue weighted by Crippen LogP contribution is -2.22. The van der Waals surface area contributed by atoms with Crippen LogP contribution >= 0.6 is 15.9 Å². The number of carbonyl (C=O) groups excluding carboxylic acids is 1. The highest BCUT2D eigenvalue weighted by molar-refractivity contribution is 9.10. The molecule has 1 aromatic carbocycles. The number of nitrogens with one attached hydrogen (secondary N) is 1. The van der Waals surface area contributed by atoms with Gasteiger partial charge in [0.05, 0.1) is 16.7 Å². The van der Waals surface area contributed by atoms with Crippen LogP contribution in [0.1, 0.15) is 21.8 Å². The van der Waals surface area contributed by atoms with E-state index in [1.165, 1.54) is 18.2 Å². The number of rotatable bonds is 3. The Labute approximate surface area is 111 Å². The van der Waals surface area contributed by atoms with Crippen LogP contribution in [0.15, 0.2) is 33.3 Å². The lowest BCUT2D eigenvalue weighted by atomic mass is 10.2. The van der Waals surface area contributed by atoms with Crippen molar-refractivity contribution in [1.29, 1.82) is 0 Å². The van der Waals surface area contributed by atoms with Gasteiger partial charge in [0, 0.05) is 11.6 Å². The van der Waals surface area contributed by atoms with Gasteiger partial charge in [-0.2, -0.15) is 0 Å². The van der Waals surface area contributed by atoms with E-state index in [9.17, 15) is 9.18 Å². The van der Waals surface area contributed by atoms with Gasteiger partial charge in [-0.25, -0.2) is 4.39 Å². The summed E-state index contributed by atoms with van der Waals surface area (Å²) in [6.45, 7) is 2.01. The van der Waals surface area contributed by atoms with Crippen LogP contribution < -0.4 is 5.32 Å². The monoisotopic (exact) mass is 312 g/mol. The summed E-state index contributed by atoms with van der Waals surface area (Å²) < 4.78 is 18.5. The van der Waals surface area contributed by atoms with Crippen LogP contribution in [0, 0.1) is 12.7 Å². The number of halogens is 2. The summed E-state index contributed by atoms with van der Waals surface area (Å²) >= 11 is 3.03. The molecule has 1 aromatic heterocycles. The fourth-order valence-electron chi connectivity index (χ4n) is 1.41. The van der Waals surface area contributed by atoms with Gasteiger partial charge < -0.3 is 9.84 Å². The number of aryl methyl sites for hydroxylation is 1. The standard InChI is InChI=1S/C12H10BrFN2O2/c1-7-4-9(18-16-7)6-15-12(17)8-2-3-10(13)11(14)5-8/h2-5H,6H2,1H3,(H,15,17). The molecule has 6 heteroatoms. The van der Waals surface area contributed by atoms with Crippen LogP contribution in [0.4, 0.5) is 4.39 Å². The zero-order chi connectivity index (χ0) is 13.1. The van der Waals surface area contributed by atoms with Crippen LogP contribution in [0.2, 0.25) is 0 Å². The summed E-state index contributed by atoms with van der Waals surface area (Å²) in [7, 11) is 0. The molecule has 18 heavy (non-hydrogen) atoms. The number of carbonyl (C=O) groups is 1. The van der Waals surface area contributed by atoms with Crippen molar-refractivity contribution in [2.24, 2.45) is 0 Å². The molecule has 0 aliphatic heterocycles. The van der Waals surface area contributed by atoms with Crippen LogP contribution in [-0.2, 0) is 6.54 Å². The number of aromatic nitrogens is 1. The van der Waals surface area contributed by atoms with Gasteiger partial charge in [-0.05, 0) is 41.1 Å². The van der Waals surface area contributed by atoms with E-state index in [0.717, 1.165) is 5.69 Å². The molecule has 1 amide bonds. The average Bonchev–Trinajstić information content (AvgIpc) is 2.75. The van der Waals surface area contributed by atoms with Gasteiger partial charge in [0.2, 0.25) is 0 Å². The number of hydrogen-bond acceptors (Lipinski definition) is 3. The quantitative estimate of drug-likeness (QED) is 0.948. The Hall–Kier alpha value is -1.69. The number of hydrogen-bond donors (Lipinski definition) is 1. The Morgan fingerprint density at radius 1 is 1.50 bits per heavy atom. The van der Waals surface area contributed by atoms with E-state index in [1.807, 2.05) is 0 Å². The van der Waals surface area contributed by atoms with Crippen LogP contribution in [0.25, 0.3) is 0 Å². The molecular formula is C12H10BrFN2O2. The molecule has 0 aliphatic carbocycles. The Kier molecular flexibility index (Phi) is 3.76. The first-order valence-electron chi connectivity index (χ1n) is 5.21. The molecule has 0 fully saturated rings. The molecule has 0 aliphatic rings. The van der Waals surface area contributed by atoms with Crippen molar-refractivity contribution in [2.45, 2.75) is 13.5 Å². The second-order valence-corrected chi connectivity index (χ2v) is 4.60. The molecular weight excluding hydrogens is 303 g/mol. The molecule has 1 N–H and O–H groups in total. The van der Waals surface area contributed by atoms with E-state index in [1.54, 1.807) is 13.0 Å². The lowest BCUT2D eigenvalue weighted by Gasteiger charge is -2.03. The molecule has 0 unspecified atom stereocenters. The van der Waals surface area contributed by atoms with E-state index < -0.39 is 5.82 Å². The van der Waals surface area contributed by atoms with Gasteiger partial charge in [-0.1, -0.05) is 5.16 Å². The third kappa shape index (κ3) is 2.95. The molecule has 94 valence electrons. The normalized spacial score (nSPS) is 10.4. The third-order valence-electron chi connectivity index (χ3n) is 2.28. The highest BCUT2D eigenvalue weighted by atomic mass is 79.9. The van der Waals surface area contributed by atoms with Crippen molar-refractivity contribution in [2.75, 3.05) is 0 Å². The molecule has 0 radical (unpaired) electrons. The highest BCUT2D eigenvalue weighted by Gasteiger charge is 2.09. The van der Waals surface area contributed by atoms with Gasteiger partial charge in [-0.3, -0.25) is 4.79 Å². The predicted octanol–water partition coefficient (Wildman–Crippen LogP) is 2.81. The average molecular weight is 313 g/mol. The Balaban J connectivity index is 2.01. The minimum absolute atomic E-state index is 0.220. The SMILES string of the molecule is Cc1cc(CNC(=O)c2ccc(Br)c(F)c2)on1. The van der Waals surface area contributed by atoms with E-state index in [2.05, 4.69) is 26.4 Å². The van der Waals surface area contributed by atoms with Crippen molar-refractivity contribution in [3.05, 3.63) is 51.6 Å². The molecule has 2 aromatic rings. The minimum atomic E-state index is -0.474. The largest absolute Gasteiger partial charge is 0.359 e. The summed E-state index contributed by atoms with van der Waals surface area (Å²) in [6.07, 6.45) is 0. The molecule has 0 spiro atoms. The number of amides is 1. The smallest absolute Gasteiger partial charge is 0.251 e. The second kappa shape index (κ2) is 5.30. The van der Waals surface area contributed by atoms with Crippen molar-refractivity contribution < 1.29 is 13.7 Å². The van der Waals surface area contributed by atoms with Crippen molar-refractivity contribution in [1.82, 2.24) is 10.5 Å². The maximum atomic E-state index is 13.3. The number of benzene rings is 1. The van der Waals surface area contributed by atoms with Crippen molar-refractivity contribution >= 4 is 21.8 Å². The van der Waals surface area contributed by atoms with Crippen LogP contribution in [0.3, 0.4) is 0 Å². The summed E-state index contributed by atoms with van der Waals surface area (Å²) in [5.74, 6) is -0.285. The van der Waals surface area contributed by atoms with E-state index >= 15 is 0 Å². The molecule has 0 saturated carbocycles. The summed E-state index contributed by atoms with van der Waals surface area (Å²) in [5, 5.41) is 6.32. The van der Waals surface area contributed by atoms with Crippen molar-refractivity contribution in [3.63, 3.8) is 0 Å². The maximum absolute atomic E-state index is 13.3. The molecule has 1 heterocycles. The Morgan fingerprint density at radius 3 is 2.89 bits per heavy atom. The third-order valence-corrected chi connectivity index (χ3v) is 2.92. The fraction of sp³-hybridized carbons (Fsp3) is 0.167. The topological polar surface area (TPSA) is 55.1 Å². The van der Waals surface area contributed by atoms with Gasteiger partial charge in [0.15, 0.2) is 5.76 Å². The van der Waals surface area contributed by atoms with Crippen LogP contribution in [-0.4, -0.2) is 11.1 Å². The first kappa shape index (κ1) is 12.8. The summed E-state index contributed by atoms with van der Waals surface area (Å²) in [4.78, 5) is 11.7. The molecule has 0 bridgehead atoms. The first-order valence-corrected chi connectivity index (χ1v) is 6.01. The number of nitrogens with zero attached hydrogens (tertiary/aromatic N) is 1. The van der Waals surface area contributed by atoms with Gasteiger partial charge in [-0.15, -0.1) is 0 Å². The second-order valence-electron chi connectivity index (χ2n) is 3.75. The lowest BCUT2D eigenvalue weighted by molar-refractivity contribution is 0.0946. The Bertz CT molecular complexity index is 583. The molecule has 0 atom stereocenters. The maximum Gasteiger partial charge on any atom is 0.251 e. The van der Waals surface area contributed by atoms with Crippen molar-refractivity contribution in [3.8, 4) is 0 Å². The molecule has 4 nitrogen and oxygen atoms in total. The van der Waals surface area contributed by atoms with E-state index in [0.29, 0.717) is 10.2 Å². The van der Waals surface area contributed by atoms with Crippen LogP contribution in [0.5, 0.6) is 0 Å². The van der Waals surface area contributed by atoms with Gasteiger partial charge in [0.25, 0.3) is 5.91 Å².